The molecule has 5 nitrogen and oxygen atoms in total. The fourth-order valence-corrected chi connectivity index (χ4v) is 4.28. The van der Waals surface area contributed by atoms with Crippen LogP contribution in [0.5, 0.6) is 0 Å². The minimum absolute atomic E-state index is 0.0333. The molecule has 174 valence electrons. The van der Waals surface area contributed by atoms with Crippen LogP contribution in [-0.2, 0) is 12.0 Å². The standard InChI is InChI=1S/C28H29FN4O/c1-28(2,3)21-9-8-20-15-25(33(24(20)16-21)18-19-6-4-7-22(29)14-19)27(34)31-23-10-11-26(30-17-23)32-12-5-13-32/h4,6-11,14-17H,5,12-13,18H2,1-3H3,(H,31,34). The average Bonchev–Trinajstić information content (AvgIpc) is 3.11. The number of halogens is 1. The highest BCUT2D eigenvalue weighted by Crippen LogP contribution is 2.29. The van der Waals surface area contributed by atoms with Crippen molar-refractivity contribution in [1.82, 2.24) is 9.55 Å². The summed E-state index contributed by atoms with van der Waals surface area (Å²) in [4.78, 5) is 20.1. The number of pyridine rings is 1. The second kappa shape index (κ2) is 8.60. The fourth-order valence-electron chi connectivity index (χ4n) is 4.28. The lowest BCUT2D eigenvalue weighted by Gasteiger charge is -2.31. The molecule has 0 radical (unpaired) electrons. The van der Waals surface area contributed by atoms with E-state index in [0.717, 1.165) is 35.4 Å². The third-order valence-corrected chi connectivity index (χ3v) is 6.42. The predicted octanol–water partition coefficient (Wildman–Crippen LogP) is 5.98. The van der Waals surface area contributed by atoms with Gasteiger partial charge >= 0.3 is 0 Å². The third kappa shape index (κ3) is 4.40. The highest BCUT2D eigenvalue weighted by molar-refractivity contribution is 6.06. The summed E-state index contributed by atoms with van der Waals surface area (Å²) >= 11 is 0. The van der Waals surface area contributed by atoms with E-state index in [-0.39, 0.29) is 17.1 Å². The van der Waals surface area contributed by atoms with E-state index in [1.807, 2.05) is 28.8 Å². The summed E-state index contributed by atoms with van der Waals surface area (Å²) < 4.78 is 15.9. The zero-order valence-electron chi connectivity index (χ0n) is 19.8. The first kappa shape index (κ1) is 22.1. The molecule has 1 aliphatic rings. The van der Waals surface area contributed by atoms with E-state index in [1.54, 1.807) is 12.3 Å². The molecule has 1 N–H and O–H groups in total. The molecule has 3 heterocycles. The van der Waals surface area contributed by atoms with Crippen LogP contribution < -0.4 is 10.2 Å². The van der Waals surface area contributed by atoms with E-state index in [1.165, 1.54) is 24.1 Å². The third-order valence-electron chi connectivity index (χ3n) is 6.42. The average molecular weight is 457 g/mol. The number of fused-ring (bicyclic) bond motifs is 1. The number of hydrogen-bond donors (Lipinski definition) is 1. The van der Waals surface area contributed by atoms with Gasteiger partial charge in [0.05, 0.1) is 11.9 Å². The van der Waals surface area contributed by atoms with E-state index < -0.39 is 0 Å². The number of hydrogen-bond acceptors (Lipinski definition) is 3. The molecule has 1 aliphatic heterocycles. The number of carbonyl (C=O) groups excluding carboxylic acids is 1. The van der Waals surface area contributed by atoms with Crippen LogP contribution in [0.3, 0.4) is 0 Å². The number of rotatable bonds is 5. The minimum atomic E-state index is -0.288. The van der Waals surface area contributed by atoms with Crippen molar-refractivity contribution in [3.05, 3.63) is 89.5 Å². The number of aromatic nitrogens is 2. The topological polar surface area (TPSA) is 50.2 Å². The summed E-state index contributed by atoms with van der Waals surface area (Å²) in [5.41, 5.74) is 4.07. The van der Waals surface area contributed by atoms with E-state index in [4.69, 9.17) is 0 Å². The second-order valence-corrected chi connectivity index (χ2v) is 9.97. The molecule has 34 heavy (non-hydrogen) atoms. The van der Waals surface area contributed by atoms with Gasteiger partial charge in [-0.05, 0) is 59.4 Å². The quantitative estimate of drug-likeness (QED) is 0.402. The van der Waals surface area contributed by atoms with Gasteiger partial charge in [-0.2, -0.15) is 0 Å². The Labute approximate surface area is 199 Å². The summed E-state index contributed by atoms with van der Waals surface area (Å²) in [6.45, 7) is 8.93. The molecule has 0 unspecified atom stereocenters. The normalized spacial score (nSPS) is 13.7. The molecule has 1 amide bonds. The molecule has 1 fully saturated rings. The Balaban J connectivity index is 1.51. The summed E-state index contributed by atoms with van der Waals surface area (Å²) in [6.07, 6.45) is 2.88. The zero-order chi connectivity index (χ0) is 23.9. The maximum atomic E-state index is 13.9. The van der Waals surface area contributed by atoms with E-state index in [9.17, 15) is 9.18 Å². The van der Waals surface area contributed by atoms with Crippen LogP contribution in [0.15, 0.2) is 66.9 Å². The first-order valence-electron chi connectivity index (χ1n) is 11.7. The Morgan fingerprint density at radius 2 is 1.88 bits per heavy atom. The lowest BCUT2D eigenvalue weighted by molar-refractivity contribution is 0.101. The Morgan fingerprint density at radius 1 is 1.06 bits per heavy atom. The molecular formula is C28H29FN4O. The number of nitrogens with one attached hydrogen (secondary N) is 1. The van der Waals surface area contributed by atoms with Crippen molar-refractivity contribution in [1.29, 1.82) is 0 Å². The summed E-state index contributed by atoms with van der Waals surface area (Å²) in [5, 5.41) is 3.96. The van der Waals surface area contributed by atoms with Gasteiger partial charge < -0.3 is 14.8 Å². The molecular weight excluding hydrogens is 427 g/mol. The molecule has 0 saturated carbocycles. The molecule has 0 bridgehead atoms. The fraction of sp³-hybridized carbons (Fsp3) is 0.286. The number of anilines is 2. The molecule has 6 heteroatoms. The van der Waals surface area contributed by atoms with Crippen LogP contribution in [0.2, 0.25) is 0 Å². The van der Waals surface area contributed by atoms with E-state index in [2.05, 4.69) is 54.2 Å². The molecule has 2 aromatic heterocycles. The lowest BCUT2D eigenvalue weighted by atomic mass is 9.87. The van der Waals surface area contributed by atoms with Crippen molar-refractivity contribution >= 4 is 28.3 Å². The number of carbonyl (C=O) groups is 1. The molecule has 4 aromatic rings. The van der Waals surface area contributed by atoms with Crippen molar-refractivity contribution in [2.75, 3.05) is 23.3 Å². The first-order valence-corrected chi connectivity index (χ1v) is 11.7. The smallest absolute Gasteiger partial charge is 0.272 e. The second-order valence-electron chi connectivity index (χ2n) is 9.97. The maximum absolute atomic E-state index is 13.9. The maximum Gasteiger partial charge on any atom is 0.272 e. The SMILES string of the molecule is CC(C)(C)c1ccc2cc(C(=O)Nc3ccc(N4CCC4)nc3)n(Cc3cccc(F)c3)c2c1. The van der Waals surface area contributed by atoms with Gasteiger partial charge in [0.15, 0.2) is 0 Å². The predicted molar refractivity (Wildman–Crippen MR) is 135 cm³/mol. The number of benzene rings is 2. The van der Waals surface area contributed by atoms with Crippen LogP contribution in [0.25, 0.3) is 10.9 Å². The van der Waals surface area contributed by atoms with Crippen LogP contribution in [-0.4, -0.2) is 28.5 Å². The van der Waals surface area contributed by atoms with E-state index >= 15 is 0 Å². The van der Waals surface area contributed by atoms with Gasteiger partial charge in [-0.1, -0.05) is 45.0 Å². The Morgan fingerprint density at radius 3 is 2.53 bits per heavy atom. The van der Waals surface area contributed by atoms with Crippen molar-refractivity contribution in [2.24, 2.45) is 0 Å². The first-order chi connectivity index (χ1) is 16.3. The van der Waals surface area contributed by atoms with Crippen LogP contribution >= 0.6 is 0 Å². The van der Waals surface area contributed by atoms with Gasteiger partial charge in [-0.3, -0.25) is 4.79 Å². The molecule has 0 atom stereocenters. The summed E-state index contributed by atoms with van der Waals surface area (Å²) in [6, 6.07) is 18.5. The van der Waals surface area contributed by atoms with Crippen molar-refractivity contribution in [3.63, 3.8) is 0 Å². The summed E-state index contributed by atoms with van der Waals surface area (Å²) in [5.74, 6) is 0.422. The van der Waals surface area contributed by atoms with Crippen molar-refractivity contribution in [2.45, 2.75) is 39.2 Å². The van der Waals surface area contributed by atoms with Gasteiger partial charge in [0.25, 0.3) is 5.91 Å². The molecule has 1 saturated heterocycles. The van der Waals surface area contributed by atoms with Gasteiger partial charge in [0.1, 0.15) is 17.3 Å². The Hall–Kier alpha value is -3.67. The monoisotopic (exact) mass is 456 g/mol. The Bertz CT molecular complexity index is 1350. The Kier molecular flexibility index (Phi) is 5.60. The van der Waals surface area contributed by atoms with Crippen molar-refractivity contribution < 1.29 is 9.18 Å². The number of nitrogens with zero attached hydrogens (tertiary/aromatic N) is 3. The molecule has 5 rings (SSSR count). The van der Waals surface area contributed by atoms with E-state index in [0.29, 0.717) is 17.9 Å². The van der Waals surface area contributed by atoms with Crippen molar-refractivity contribution in [3.8, 4) is 0 Å². The lowest BCUT2D eigenvalue weighted by Crippen LogP contribution is -2.37. The molecule has 0 aliphatic carbocycles. The number of amides is 1. The molecule has 2 aromatic carbocycles. The minimum Gasteiger partial charge on any atom is -0.356 e. The molecule has 0 spiro atoms. The van der Waals surface area contributed by atoms with Gasteiger partial charge in [0, 0.05) is 30.5 Å². The van der Waals surface area contributed by atoms with Crippen LogP contribution in [0.1, 0.15) is 48.8 Å². The zero-order valence-corrected chi connectivity index (χ0v) is 19.8. The highest BCUT2D eigenvalue weighted by atomic mass is 19.1. The van der Waals surface area contributed by atoms with Gasteiger partial charge in [-0.15, -0.1) is 0 Å². The van der Waals surface area contributed by atoms with Crippen LogP contribution in [0.4, 0.5) is 15.9 Å². The summed E-state index contributed by atoms with van der Waals surface area (Å²) in [7, 11) is 0. The van der Waals surface area contributed by atoms with Gasteiger partial charge in [-0.25, -0.2) is 9.37 Å². The van der Waals surface area contributed by atoms with Crippen LogP contribution in [0, 0.1) is 5.82 Å². The largest absolute Gasteiger partial charge is 0.356 e. The van der Waals surface area contributed by atoms with Gasteiger partial charge in [0.2, 0.25) is 0 Å². The highest BCUT2D eigenvalue weighted by Gasteiger charge is 2.20.